The molecule has 0 spiro atoms. The van der Waals surface area contributed by atoms with Crippen molar-refractivity contribution in [2.75, 3.05) is 6.54 Å². The molecule has 1 atom stereocenters. The van der Waals surface area contributed by atoms with Crippen LogP contribution in [0.5, 0.6) is 0 Å². The molecule has 0 aliphatic carbocycles. The third kappa shape index (κ3) is 4.09. The predicted octanol–water partition coefficient (Wildman–Crippen LogP) is 3.80. The lowest BCUT2D eigenvalue weighted by Crippen LogP contribution is -2.31. The number of halogens is 5. The topological polar surface area (TPSA) is 12.0 Å². The van der Waals surface area contributed by atoms with Crippen LogP contribution in [-0.4, -0.2) is 12.7 Å². The molecule has 0 aliphatic rings. The van der Waals surface area contributed by atoms with E-state index in [4.69, 9.17) is 0 Å². The van der Waals surface area contributed by atoms with E-state index in [1.54, 1.807) is 0 Å². The summed E-state index contributed by atoms with van der Waals surface area (Å²) < 4.78 is 49.8. The van der Waals surface area contributed by atoms with Crippen molar-refractivity contribution in [1.82, 2.24) is 5.32 Å². The first-order valence-corrected chi connectivity index (χ1v) is 5.34. The van der Waals surface area contributed by atoms with Crippen molar-refractivity contribution in [3.63, 3.8) is 0 Å². The zero-order chi connectivity index (χ0) is 12.3. The van der Waals surface area contributed by atoms with Crippen LogP contribution in [0.2, 0.25) is 0 Å². The van der Waals surface area contributed by atoms with Crippen molar-refractivity contribution < 1.29 is 17.6 Å². The lowest BCUT2D eigenvalue weighted by atomic mass is 10.1. The lowest BCUT2D eigenvalue weighted by molar-refractivity contribution is -0.126. The van der Waals surface area contributed by atoms with Gasteiger partial charge in [0, 0.05) is 16.1 Å². The average Bonchev–Trinajstić information content (AvgIpc) is 2.17. The molecule has 1 aromatic rings. The van der Waals surface area contributed by atoms with E-state index in [0.29, 0.717) is 4.47 Å². The molecule has 0 aromatic heterocycles. The molecule has 0 heterocycles. The van der Waals surface area contributed by atoms with Gasteiger partial charge in [-0.2, -0.15) is 13.2 Å². The van der Waals surface area contributed by atoms with Crippen LogP contribution >= 0.6 is 15.9 Å². The van der Waals surface area contributed by atoms with E-state index in [1.165, 1.54) is 25.1 Å². The second-order valence-electron chi connectivity index (χ2n) is 3.38. The number of rotatable bonds is 3. The number of benzene rings is 1. The number of hydrogen-bond acceptors (Lipinski definition) is 1. The van der Waals surface area contributed by atoms with Crippen LogP contribution in [0, 0.1) is 5.82 Å². The zero-order valence-corrected chi connectivity index (χ0v) is 9.99. The molecule has 90 valence electrons. The third-order valence-corrected chi connectivity index (χ3v) is 2.53. The van der Waals surface area contributed by atoms with Crippen molar-refractivity contribution in [2.24, 2.45) is 0 Å². The van der Waals surface area contributed by atoms with E-state index < -0.39 is 24.6 Å². The first kappa shape index (κ1) is 13.4. The summed E-state index contributed by atoms with van der Waals surface area (Å²) in [4.78, 5) is 0. The van der Waals surface area contributed by atoms with Gasteiger partial charge in [-0.05, 0) is 25.1 Å². The van der Waals surface area contributed by atoms with Crippen LogP contribution in [0.4, 0.5) is 17.6 Å². The Hall–Kier alpha value is -0.620. The van der Waals surface area contributed by atoms with Crippen LogP contribution in [0.25, 0.3) is 0 Å². The number of nitrogens with one attached hydrogen (secondary N) is 1. The Kier molecular flexibility index (Phi) is 4.32. The molecular weight excluding hydrogens is 290 g/mol. The van der Waals surface area contributed by atoms with Gasteiger partial charge in [-0.15, -0.1) is 0 Å². The molecule has 1 aromatic carbocycles. The Balaban J connectivity index is 2.73. The third-order valence-electron chi connectivity index (χ3n) is 2.03. The molecular formula is C10H10BrF4N. The fraction of sp³-hybridized carbons (Fsp3) is 0.400. The van der Waals surface area contributed by atoms with Gasteiger partial charge in [-0.1, -0.05) is 15.9 Å². The molecule has 1 nitrogen and oxygen atoms in total. The van der Waals surface area contributed by atoms with Crippen LogP contribution < -0.4 is 5.32 Å². The van der Waals surface area contributed by atoms with Gasteiger partial charge in [0.15, 0.2) is 0 Å². The maximum Gasteiger partial charge on any atom is 0.401 e. The van der Waals surface area contributed by atoms with Crippen molar-refractivity contribution in [3.8, 4) is 0 Å². The Labute approximate surface area is 99.0 Å². The fourth-order valence-corrected chi connectivity index (χ4v) is 1.60. The maximum absolute atomic E-state index is 13.3. The highest BCUT2D eigenvalue weighted by atomic mass is 79.9. The van der Waals surface area contributed by atoms with Crippen LogP contribution in [-0.2, 0) is 0 Å². The summed E-state index contributed by atoms with van der Waals surface area (Å²) in [7, 11) is 0. The van der Waals surface area contributed by atoms with Crippen molar-refractivity contribution in [3.05, 3.63) is 34.1 Å². The largest absolute Gasteiger partial charge is 0.401 e. The number of alkyl halides is 3. The molecule has 0 amide bonds. The highest BCUT2D eigenvalue weighted by Crippen LogP contribution is 2.22. The summed E-state index contributed by atoms with van der Waals surface area (Å²) in [6.45, 7) is 0.344. The Morgan fingerprint density at radius 1 is 1.38 bits per heavy atom. The molecule has 6 heteroatoms. The fourth-order valence-electron chi connectivity index (χ4n) is 1.23. The molecule has 1 N–H and O–H groups in total. The van der Waals surface area contributed by atoms with Gasteiger partial charge in [0.2, 0.25) is 0 Å². The van der Waals surface area contributed by atoms with Crippen molar-refractivity contribution >= 4 is 15.9 Å². The monoisotopic (exact) mass is 299 g/mol. The average molecular weight is 300 g/mol. The van der Waals surface area contributed by atoms with Crippen LogP contribution in [0.3, 0.4) is 0 Å². The van der Waals surface area contributed by atoms with Gasteiger partial charge < -0.3 is 5.32 Å². The molecule has 1 rings (SSSR count). The van der Waals surface area contributed by atoms with E-state index in [9.17, 15) is 17.6 Å². The van der Waals surface area contributed by atoms with Crippen LogP contribution in [0.1, 0.15) is 18.5 Å². The lowest BCUT2D eigenvalue weighted by Gasteiger charge is -2.16. The standard InChI is InChI=1S/C10H10BrF4N/c1-6(16-5-10(13,14)15)8-4-7(11)2-3-9(8)12/h2-4,6,16H,5H2,1H3. The molecule has 0 fully saturated rings. The Morgan fingerprint density at radius 3 is 2.56 bits per heavy atom. The normalized spacial score (nSPS) is 13.9. The van der Waals surface area contributed by atoms with Crippen molar-refractivity contribution in [1.29, 1.82) is 0 Å². The quantitative estimate of drug-likeness (QED) is 0.837. The van der Waals surface area contributed by atoms with Gasteiger partial charge in [0.1, 0.15) is 5.82 Å². The van der Waals surface area contributed by atoms with Gasteiger partial charge in [0.25, 0.3) is 0 Å². The summed E-state index contributed by atoms with van der Waals surface area (Å²) in [5.74, 6) is -0.523. The minimum absolute atomic E-state index is 0.207. The Morgan fingerprint density at radius 2 is 2.00 bits per heavy atom. The molecule has 16 heavy (non-hydrogen) atoms. The molecule has 0 saturated carbocycles. The first-order chi connectivity index (χ1) is 7.29. The van der Waals surface area contributed by atoms with E-state index >= 15 is 0 Å². The van der Waals surface area contributed by atoms with E-state index in [0.717, 1.165) is 0 Å². The molecule has 1 unspecified atom stereocenters. The maximum atomic E-state index is 13.3. The van der Waals surface area contributed by atoms with Gasteiger partial charge >= 0.3 is 6.18 Å². The van der Waals surface area contributed by atoms with Gasteiger partial charge in [-0.25, -0.2) is 4.39 Å². The highest BCUT2D eigenvalue weighted by molar-refractivity contribution is 9.10. The SMILES string of the molecule is CC(NCC(F)(F)F)c1cc(Br)ccc1F. The zero-order valence-electron chi connectivity index (χ0n) is 8.41. The summed E-state index contributed by atoms with van der Waals surface area (Å²) in [6.07, 6.45) is -4.29. The molecule has 0 aliphatic heterocycles. The second-order valence-corrected chi connectivity index (χ2v) is 4.30. The van der Waals surface area contributed by atoms with E-state index in [2.05, 4.69) is 21.2 Å². The molecule has 0 saturated heterocycles. The molecule has 0 bridgehead atoms. The minimum Gasteiger partial charge on any atom is -0.302 e. The summed E-state index contributed by atoms with van der Waals surface area (Å²) >= 11 is 3.14. The second kappa shape index (κ2) is 5.14. The van der Waals surface area contributed by atoms with Gasteiger partial charge in [0.05, 0.1) is 6.54 Å². The molecule has 0 radical (unpaired) electrons. The smallest absolute Gasteiger partial charge is 0.302 e. The van der Waals surface area contributed by atoms with E-state index in [1.807, 2.05) is 0 Å². The van der Waals surface area contributed by atoms with Crippen LogP contribution in [0.15, 0.2) is 22.7 Å². The van der Waals surface area contributed by atoms with E-state index in [-0.39, 0.29) is 5.56 Å². The van der Waals surface area contributed by atoms with Crippen molar-refractivity contribution in [2.45, 2.75) is 19.1 Å². The Bertz CT molecular complexity index is 364. The van der Waals surface area contributed by atoms with Gasteiger partial charge in [-0.3, -0.25) is 0 Å². The highest BCUT2D eigenvalue weighted by Gasteiger charge is 2.27. The summed E-state index contributed by atoms with van der Waals surface area (Å²) in [5.41, 5.74) is 0.207. The first-order valence-electron chi connectivity index (χ1n) is 4.54. The summed E-state index contributed by atoms with van der Waals surface area (Å²) in [6, 6.07) is 3.48. The number of hydrogen-bond donors (Lipinski definition) is 1. The minimum atomic E-state index is -4.29. The summed E-state index contributed by atoms with van der Waals surface area (Å²) in [5, 5.41) is 2.22. The predicted molar refractivity (Wildman–Crippen MR) is 56.6 cm³/mol.